The number of likely N-dealkylation sites (tertiary alicyclic amines) is 1. The standard InChI is InChI=1S/C16H21N3O/c1-13-17-16(20-18-13)15-8-11-19(12-9-15)10-7-14-5-3-2-4-6-14/h2-6,15H,7-12H2,1H3. The first-order valence-corrected chi connectivity index (χ1v) is 7.38. The molecule has 0 unspecified atom stereocenters. The molecule has 1 aliphatic heterocycles. The van der Waals surface area contributed by atoms with Gasteiger partial charge in [-0.1, -0.05) is 35.5 Å². The number of aryl methyl sites for hydroxylation is 1. The van der Waals surface area contributed by atoms with E-state index in [2.05, 4.69) is 45.4 Å². The van der Waals surface area contributed by atoms with Crippen LogP contribution in [-0.2, 0) is 6.42 Å². The minimum atomic E-state index is 0.448. The highest BCUT2D eigenvalue weighted by molar-refractivity contribution is 5.14. The van der Waals surface area contributed by atoms with Gasteiger partial charge >= 0.3 is 0 Å². The van der Waals surface area contributed by atoms with Gasteiger partial charge in [-0.3, -0.25) is 0 Å². The molecule has 0 bridgehead atoms. The summed E-state index contributed by atoms with van der Waals surface area (Å²) in [4.78, 5) is 6.89. The second kappa shape index (κ2) is 6.18. The Kier molecular flexibility index (Phi) is 4.11. The molecule has 4 heteroatoms. The van der Waals surface area contributed by atoms with E-state index in [9.17, 15) is 0 Å². The Morgan fingerprint density at radius 2 is 1.95 bits per heavy atom. The molecular formula is C16H21N3O. The van der Waals surface area contributed by atoms with E-state index in [0.717, 1.165) is 50.6 Å². The third kappa shape index (κ3) is 3.25. The molecule has 0 aliphatic carbocycles. The summed E-state index contributed by atoms with van der Waals surface area (Å²) in [5, 5.41) is 3.89. The van der Waals surface area contributed by atoms with Crippen molar-refractivity contribution >= 4 is 0 Å². The summed E-state index contributed by atoms with van der Waals surface area (Å²) in [6.07, 6.45) is 3.37. The van der Waals surface area contributed by atoms with Crippen molar-refractivity contribution in [1.29, 1.82) is 0 Å². The van der Waals surface area contributed by atoms with Crippen LogP contribution in [0.2, 0.25) is 0 Å². The molecule has 0 N–H and O–H groups in total. The van der Waals surface area contributed by atoms with Gasteiger partial charge in [0.2, 0.25) is 5.89 Å². The molecule has 0 spiro atoms. The molecule has 0 saturated carbocycles. The van der Waals surface area contributed by atoms with Gasteiger partial charge in [0.25, 0.3) is 0 Å². The molecule has 106 valence electrons. The molecule has 2 heterocycles. The Morgan fingerprint density at radius 1 is 1.20 bits per heavy atom. The van der Waals surface area contributed by atoms with Crippen LogP contribution in [0.15, 0.2) is 34.9 Å². The fourth-order valence-electron chi connectivity index (χ4n) is 2.81. The Morgan fingerprint density at radius 3 is 2.60 bits per heavy atom. The van der Waals surface area contributed by atoms with Crippen molar-refractivity contribution in [2.24, 2.45) is 0 Å². The zero-order chi connectivity index (χ0) is 13.8. The van der Waals surface area contributed by atoms with Gasteiger partial charge in [-0.2, -0.15) is 4.98 Å². The van der Waals surface area contributed by atoms with Crippen LogP contribution in [0.25, 0.3) is 0 Å². The van der Waals surface area contributed by atoms with Crippen LogP contribution < -0.4 is 0 Å². The zero-order valence-electron chi connectivity index (χ0n) is 12.0. The molecule has 1 aliphatic rings. The van der Waals surface area contributed by atoms with Crippen LogP contribution >= 0.6 is 0 Å². The highest BCUT2D eigenvalue weighted by Crippen LogP contribution is 2.26. The van der Waals surface area contributed by atoms with E-state index in [1.807, 2.05) is 6.92 Å². The van der Waals surface area contributed by atoms with Gasteiger partial charge in [0.15, 0.2) is 5.82 Å². The second-order valence-electron chi connectivity index (χ2n) is 5.53. The van der Waals surface area contributed by atoms with Crippen molar-refractivity contribution in [2.45, 2.75) is 32.1 Å². The van der Waals surface area contributed by atoms with Gasteiger partial charge in [-0.15, -0.1) is 0 Å². The normalized spacial score (nSPS) is 17.4. The van der Waals surface area contributed by atoms with Crippen LogP contribution in [-0.4, -0.2) is 34.7 Å². The minimum Gasteiger partial charge on any atom is -0.339 e. The summed E-state index contributed by atoms with van der Waals surface area (Å²) in [5.41, 5.74) is 1.42. The SMILES string of the molecule is Cc1noc(C2CCN(CCc3ccccc3)CC2)n1. The van der Waals surface area contributed by atoms with Crippen LogP contribution in [0.1, 0.15) is 36.0 Å². The number of hydrogen-bond donors (Lipinski definition) is 0. The van der Waals surface area contributed by atoms with Crippen LogP contribution in [0.4, 0.5) is 0 Å². The Bertz CT molecular complexity index is 530. The maximum Gasteiger partial charge on any atom is 0.229 e. The monoisotopic (exact) mass is 271 g/mol. The molecule has 4 nitrogen and oxygen atoms in total. The van der Waals surface area contributed by atoms with Crippen molar-refractivity contribution < 1.29 is 4.52 Å². The van der Waals surface area contributed by atoms with Crippen molar-refractivity contribution in [3.05, 3.63) is 47.6 Å². The number of rotatable bonds is 4. The molecule has 0 atom stereocenters. The van der Waals surface area contributed by atoms with E-state index in [1.54, 1.807) is 0 Å². The molecule has 3 rings (SSSR count). The van der Waals surface area contributed by atoms with Gasteiger partial charge < -0.3 is 9.42 Å². The number of hydrogen-bond acceptors (Lipinski definition) is 4. The average molecular weight is 271 g/mol. The topological polar surface area (TPSA) is 42.2 Å². The van der Waals surface area contributed by atoms with E-state index in [0.29, 0.717) is 5.92 Å². The fourth-order valence-corrected chi connectivity index (χ4v) is 2.81. The molecule has 2 aromatic rings. The molecule has 20 heavy (non-hydrogen) atoms. The first-order valence-electron chi connectivity index (χ1n) is 7.38. The fraction of sp³-hybridized carbons (Fsp3) is 0.500. The Hall–Kier alpha value is -1.68. The predicted molar refractivity (Wildman–Crippen MR) is 77.6 cm³/mol. The second-order valence-corrected chi connectivity index (χ2v) is 5.53. The van der Waals surface area contributed by atoms with Crippen LogP contribution in [0.3, 0.4) is 0 Å². The van der Waals surface area contributed by atoms with Gasteiger partial charge in [0.1, 0.15) is 0 Å². The molecule has 0 radical (unpaired) electrons. The van der Waals surface area contributed by atoms with Crippen LogP contribution in [0.5, 0.6) is 0 Å². The molecule has 0 amide bonds. The molecule has 1 saturated heterocycles. The predicted octanol–water partition coefficient (Wildman–Crippen LogP) is 2.80. The van der Waals surface area contributed by atoms with Crippen molar-refractivity contribution in [3.63, 3.8) is 0 Å². The lowest BCUT2D eigenvalue weighted by Gasteiger charge is -2.30. The Labute approximate surface area is 119 Å². The Balaban J connectivity index is 1.47. The first kappa shape index (κ1) is 13.3. The lowest BCUT2D eigenvalue weighted by molar-refractivity contribution is 0.196. The van der Waals surface area contributed by atoms with E-state index in [1.165, 1.54) is 5.56 Å². The molecule has 1 fully saturated rings. The molecule has 1 aromatic carbocycles. The van der Waals surface area contributed by atoms with Crippen molar-refractivity contribution in [3.8, 4) is 0 Å². The van der Waals surface area contributed by atoms with Gasteiger partial charge in [-0.25, -0.2) is 0 Å². The third-order valence-corrected chi connectivity index (χ3v) is 4.04. The maximum absolute atomic E-state index is 5.29. The van der Waals surface area contributed by atoms with Crippen molar-refractivity contribution in [1.82, 2.24) is 15.0 Å². The number of piperidine rings is 1. The summed E-state index contributed by atoms with van der Waals surface area (Å²) in [7, 11) is 0. The lowest BCUT2D eigenvalue weighted by atomic mass is 9.96. The highest BCUT2D eigenvalue weighted by Gasteiger charge is 2.24. The minimum absolute atomic E-state index is 0.448. The number of benzene rings is 1. The summed E-state index contributed by atoms with van der Waals surface area (Å²) in [6.45, 7) is 5.26. The van der Waals surface area contributed by atoms with Gasteiger partial charge in [-0.05, 0) is 44.8 Å². The summed E-state index contributed by atoms with van der Waals surface area (Å²) < 4.78 is 5.29. The third-order valence-electron chi connectivity index (χ3n) is 4.04. The maximum atomic E-state index is 5.29. The van der Waals surface area contributed by atoms with E-state index < -0.39 is 0 Å². The quantitative estimate of drug-likeness (QED) is 0.857. The number of nitrogens with zero attached hydrogens (tertiary/aromatic N) is 3. The largest absolute Gasteiger partial charge is 0.339 e. The lowest BCUT2D eigenvalue weighted by Crippen LogP contribution is -2.34. The van der Waals surface area contributed by atoms with E-state index in [4.69, 9.17) is 4.52 Å². The summed E-state index contributed by atoms with van der Waals surface area (Å²) >= 11 is 0. The van der Waals surface area contributed by atoms with Crippen LogP contribution in [0, 0.1) is 6.92 Å². The molecule has 1 aromatic heterocycles. The number of aromatic nitrogens is 2. The first-order chi connectivity index (χ1) is 9.81. The smallest absolute Gasteiger partial charge is 0.229 e. The molecular weight excluding hydrogens is 250 g/mol. The van der Waals surface area contributed by atoms with Gasteiger partial charge in [0.05, 0.1) is 0 Å². The zero-order valence-corrected chi connectivity index (χ0v) is 12.0. The summed E-state index contributed by atoms with van der Waals surface area (Å²) in [6, 6.07) is 10.7. The highest BCUT2D eigenvalue weighted by atomic mass is 16.5. The van der Waals surface area contributed by atoms with E-state index in [-0.39, 0.29) is 0 Å². The summed E-state index contributed by atoms with van der Waals surface area (Å²) in [5.74, 6) is 2.01. The average Bonchev–Trinajstić information content (AvgIpc) is 2.93. The van der Waals surface area contributed by atoms with E-state index >= 15 is 0 Å². The van der Waals surface area contributed by atoms with Crippen molar-refractivity contribution in [2.75, 3.05) is 19.6 Å². The van der Waals surface area contributed by atoms with Gasteiger partial charge in [0, 0.05) is 12.5 Å².